The Morgan fingerprint density at radius 2 is 1.70 bits per heavy atom. The van der Waals surface area contributed by atoms with E-state index in [0.29, 0.717) is 16.9 Å². The number of aliphatic carboxylic acids is 1. The topological polar surface area (TPSA) is 63.6 Å². The zero-order valence-corrected chi connectivity index (χ0v) is 10.6. The molecule has 0 radical (unpaired) electrons. The number of para-hydroxylation sites is 1. The number of carboxylic acids is 1. The zero-order valence-electron chi connectivity index (χ0n) is 10.6. The van der Waals surface area contributed by atoms with E-state index in [4.69, 9.17) is 4.74 Å². The molecule has 1 aliphatic rings. The molecule has 2 aromatic rings. The Bertz CT molecular complexity index is 678. The lowest BCUT2D eigenvalue weighted by molar-refractivity contribution is -0.149. The van der Waals surface area contributed by atoms with Crippen LogP contribution in [0.2, 0.25) is 0 Å². The number of carbonyl (C=O) groups is 2. The summed E-state index contributed by atoms with van der Waals surface area (Å²) in [6.45, 7) is 0. The SMILES string of the molecule is O=C1CC(C(=O)O)(c2ccccc2)c2ccccc2O1. The van der Waals surface area contributed by atoms with Crippen molar-refractivity contribution in [2.24, 2.45) is 0 Å². The summed E-state index contributed by atoms with van der Waals surface area (Å²) in [5, 5.41) is 9.80. The van der Waals surface area contributed by atoms with Gasteiger partial charge in [0.05, 0.1) is 6.42 Å². The predicted octanol–water partition coefficient (Wildman–Crippen LogP) is 2.37. The van der Waals surface area contributed by atoms with Gasteiger partial charge >= 0.3 is 11.9 Å². The minimum Gasteiger partial charge on any atom is -0.480 e. The maximum Gasteiger partial charge on any atom is 0.319 e. The molecule has 1 heterocycles. The van der Waals surface area contributed by atoms with Crippen LogP contribution < -0.4 is 4.74 Å². The molecule has 0 aromatic heterocycles. The maximum atomic E-state index is 12.0. The van der Waals surface area contributed by atoms with Gasteiger partial charge in [-0.25, -0.2) is 0 Å². The van der Waals surface area contributed by atoms with Gasteiger partial charge in [-0.3, -0.25) is 9.59 Å². The summed E-state index contributed by atoms with van der Waals surface area (Å²) in [4.78, 5) is 23.8. The van der Waals surface area contributed by atoms with Gasteiger partial charge in [0.2, 0.25) is 0 Å². The Hall–Kier alpha value is -2.62. The average Bonchev–Trinajstić information content (AvgIpc) is 2.46. The molecule has 100 valence electrons. The number of esters is 1. The van der Waals surface area contributed by atoms with Crippen molar-refractivity contribution in [2.45, 2.75) is 11.8 Å². The molecular weight excluding hydrogens is 256 g/mol. The van der Waals surface area contributed by atoms with Crippen molar-refractivity contribution in [2.75, 3.05) is 0 Å². The molecule has 0 aliphatic carbocycles. The highest BCUT2D eigenvalue weighted by atomic mass is 16.5. The average molecular weight is 268 g/mol. The maximum absolute atomic E-state index is 12.0. The van der Waals surface area contributed by atoms with Crippen LogP contribution in [0, 0.1) is 0 Å². The first-order valence-corrected chi connectivity index (χ1v) is 6.24. The fraction of sp³-hybridized carbons (Fsp3) is 0.125. The van der Waals surface area contributed by atoms with Gasteiger partial charge in [0.15, 0.2) is 0 Å². The number of carboxylic acid groups (broad SMARTS) is 1. The smallest absolute Gasteiger partial charge is 0.319 e. The lowest BCUT2D eigenvalue weighted by atomic mass is 9.70. The van der Waals surface area contributed by atoms with Crippen molar-refractivity contribution >= 4 is 11.9 Å². The van der Waals surface area contributed by atoms with Crippen molar-refractivity contribution in [3.63, 3.8) is 0 Å². The number of carbonyl (C=O) groups excluding carboxylic acids is 1. The molecule has 0 saturated carbocycles. The second-order valence-corrected chi connectivity index (χ2v) is 4.72. The molecule has 1 unspecified atom stereocenters. The Labute approximate surface area is 115 Å². The number of fused-ring (bicyclic) bond motifs is 1. The van der Waals surface area contributed by atoms with Gasteiger partial charge in [0.1, 0.15) is 11.2 Å². The molecule has 4 heteroatoms. The molecule has 0 spiro atoms. The molecular formula is C16H12O4. The van der Waals surface area contributed by atoms with Crippen LogP contribution in [-0.4, -0.2) is 17.0 Å². The summed E-state index contributed by atoms with van der Waals surface area (Å²) < 4.78 is 5.16. The van der Waals surface area contributed by atoms with Crippen LogP contribution in [0.4, 0.5) is 0 Å². The van der Waals surface area contributed by atoms with Gasteiger partial charge in [-0.1, -0.05) is 48.5 Å². The van der Waals surface area contributed by atoms with E-state index in [0.717, 1.165) is 0 Å². The molecule has 2 aromatic carbocycles. The minimum absolute atomic E-state index is 0.205. The standard InChI is InChI=1S/C16H12O4/c17-14-10-16(15(18)19,11-6-2-1-3-7-11)12-8-4-5-9-13(12)20-14/h1-9H,10H2,(H,18,19). The van der Waals surface area contributed by atoms with E-state index < -0.39 is 17.4 Å². The lowest BCUT2D eigenvalue weighted by Gasteiger charge is -2.34. The third-order valence-corrected chi connectivity index (χ3v) is 3.61. The van der Waals surface area contributed by atoms with Crippen molar-refractivity contribution in [3.05, 3.63) is 65.7 Å². The van der Waals surface area contributed by atoms with E-state index in [1.54, 1.807) is 48.5 Å². The predicted molar refractivity (Wildman–Crippen MR) is 71.6 cm³/mol. The monoisotopic (exact) mass is 268 g/mol. The molecule has 1 aliphatic heterocycles. The number of rotatable bonds is 2. The molecule has 1 atom stereocenters. The van der Waals surface area contributed by atoms with E-state index in [1.165, 1.54) is 0 Å². The van der Waals surface area contributed by atoms with Crippen LogP contribution in [0.15, 0.2) is 54.6 Å². The molecule has 1 N–H and O–H groups in total. The molecule has 3 rings (SSSR count). The first-order chi connectivity index (χ1) is 9.64. The van der Waals surface area contributed by atoms with Crippen molar-refractivity contribution < 1.29 is 19.4 Å². The Morgan fingerprint density at radius 3 is 2.40 bits per heavy atom. The summed E-state index contributed by atoms with van der Waals surface area (Å²) in [6.07, 6.45) is -0.205. The fourth-order valence-electron chi connectivity index (χ4n) is 2.67. The summed E-state index contributed by atoms with van der Waals surface area (Å²) >= 11 is 0. The van der Waals surface area contributed by atoms with Gasteiger partial charge < -0.3 is 9.84 Å². The van der Waals surface area contributed by atoms with Crippen molar-refractivity contribution in [1.82, 2.24) is 0 Å². The molecule has 0 saturated heterocycles. The van der Waals surface area contributed by atoms with Crippen molar-refractivity contribution in [3.8, 4) is 5.75 Å². The van der Waals surface area contributed by atoms with E-state index >= 15 is 0 Å². The van der Waals surface area contributed by atoms with Gasteiger partial charge in [-0.2, -0.15) is 0 Å². The summed E-state index contributed by atoms with van der Waals surface area (Å²) in [7, 11) is 0. The quantitative estimate of drug-likeness (QED) is 0.671. The molecule has 20 heavy (non-hydrogen) atoms. The lowest BCUT2D eigenvalue weighted by Crippen LogP contribution is -2.43. The summed E-state index contributed by atoms with van der Waals surface area (Å²) in [6, 6.07) is 15.6. The second kappa shape index (κ2) is 4.49. The number of ether oxygens (including phenoxy) is 1. The van der Waals surface area contributed by atoms with Crippen LogP contribution in [-0.2, 0) is 15.0 Å². The van der Waals surface area contributed by atoms with Crippen LogP contribution in [0.3, 0.4) is 0 Å². The number of benzene rings is 2. The van der Waals surface area contributed by atoms with E-state index in [-0.39, 0.29) is 6.42 Å². The number of hydrogen-bond donors (Lipinski definition) is 1. The molecule has 0 bridgehead atoms. The largest absolute Gasteiger partial charge is 0.480 e. The van der Waals surface area contributed by atoms with Crippen LogP contribution >= 0.6 is 0 Å². The minimum atomic E-state index is -1.38. The normalized spacial score (nSPS) is 20.9. The van der Waals surface area contributed by atoms with Gasteiger partial charge in [-0.05, 0) is 11.6 Å². The van der Waals surface area contributed by atoms with Crippen LogP contribution in [0.25, 0.3) is 0 Å². The summed E-state index contributed by atoms with van der Waals surface area (Å²) in [5.41, 5.74) is -0.289. The highest BCUT2D eigenvalue weighted by Gasteiger charge is 2.49. The third-order valence-electron chi connectivity index (χ3n) is 3.61. The first kappa shape index (κ1) is 12.4. The highest BCUT2D eigenvalue weighted by Crippen LogP contribution is 2.44. The van der Waals surface area contributed by atoms with Crippen molar-refractivity contribution in [1.29, 1.82) is 0 Å². The van der Waals surface area contributed by atoms with Crippen LogP contribution in [0.5, 0.6) is 5.75 Å². The van der Waals surface area contributed by atoms with E-state index in [1.807, 2.05) is 6.07 Å². The zero-order chi connectivity index (χ0) is 14.2. The van der Waals surface area contributed by atoms with E-state index in [9.17, 15) is 14.7 Å². The molecule has 0 amide bonds. The second-order valence-electron chi connectivity index (χ2n) is 4.72. The van der Waals surface area contributed by atoms with Gasteiger partial charge in [-0.15, -0.1) is 0 Å². The van der Waals surface area contributed by atoms with Gasteiger partial charge in [0.25, 0.3) is 0 Å². The highest BCUT2D eigenvalue weighted by molar-refractivity contribution is 5.95. The Morgan fingerprint density at radius 1 is 1.05 bits per heavy atom. The Balaban J connectivity index is 2.32. The van der Waals surface area contributed by atoms with E-state index in [2.05, 4.69) is 0 Å². The Kier molecular flexibility index (Phi) is 2.79. The fourth-order valence-corrected chi connectivity index (χ4v) is 2.67. The molecule has 4 nitrogen and oxygen atoms in total. The third kappa shape index (κ3) is 1.69. The number of hydrogen-bond acceptors (Lipinski definition) is 3. The first-order valence-electron chi connectivity index (χ1n) is 6.24. The van der Waals surface area contributed by atoms with Gasteiger partial charge in [0, 0.05) is 5.56 Å². The molecule has 0 fully saturated rings. The summed E-state index contributed by atoms with van der Waals surface area (Å²) in [5.74, 6) is -1.27. The van der Waals surface area contributed by atoms with Crippen LogP contribution in [0.1, 0.15) is 17.5 Å².